The minimum Gasteiger partial charge on any atom is -0.330 e. The van der Waals surface area contributed by atoms with Gasteiger partial charge in [0.05, 0.1) is 0 Å². The Hall–Kier alpha value is 0.650. The van der Waals surface area contributed by atoms with Crippen molar-refractivity contribution in [3.63, 3.8) is 0 Å². The molecule has 0 aliphatic heterocycles. The number of nitrogens with two attached hydrogens (primary N) is 1. The highest BCUT2D eigenvalue weighted by molar-refractivity contribution is 14.1. The lowest BCUT2D eigenvalue weighted by molar-refractivity contribution is 0.308. The van der Waals surface area contributed by atoms with E-state index >= 15 is 0 Å². The quantitative estimate of drug-likeness (QED) is 0.605. The zero-order valence-electron chi connectivity index (χ0n) is 6.85. The highest BCUT2D eigenvalue weighted by atomic mass is 127. The number of rotatable bonds is 3. The van der Waals surface area contributed by atoms with E-state index in [1.54, 1.807) is 0 Å². The largest absolute Gasteiger partial charge is 0.330 e. The van der Waals surface area contributed by atoms with E-state index in [1.807, 2.05) is 0 Å². The SMILES string of the molecule is NCCC1CCC(NI)CC1. The Bertz CT molecular complexity index is 100. The van der Waals surface area contributed by atoms with Crippen LogP contribution in [-0.4, -0.2) is 12.6 Å². The maximum absolute atomic E-state index is 5.51. The fourth-order valence-corrected chi connectivity index (χ4v) is 2.42. The standard InChI is InChI=1S/C8H17IN2/c9-11-8-3-1-7(2-4-8)5-6-10/h7-8,11H,1-6,10H2. The van der Waals surface area contributed by atoms with Crippen LogP contribution in [0.5, 0.6) is 0 Å². The van der Waals surface area contributed by atoms with Crippen molar-refractivity contribution in [2.24, 2.45) is 11.7 Å². The Balaban J connectivity index is 2.14. The molecule has 0 heterocycles. The van der Waals surface area contributed by atoms with Gasteiger partial charge in [-0.3, -0.25) is 3.53 Å². The molecule has 66 valence electrons. The summed E-state index contributed by atoms with van der Waals surface area (Å²) >= 11 is 2.26. The second-order valence-corrected chi connectivity index (χ2v) is 4.03. The van der Waals surface area contributed by atoms with Crippen LogP contribution < -0.4 is 9.26 Å². The van der Waals surface area contributed by atoms with Crippen LogP contribution in [0.25, 0.3) is 0 Å². The van der Waals surface area contributed by atoms with Crippen LogP contribution in [0, 0.1) is 5.92 Å². The molecule has 3 N–H and O–H groups in total. The molecule has 2 nitrogen and oxygen atoms in total. The van der Waals surface area contributed by atoms with Crippen LogP contribution in [0.4, 0.5) is 0 Å². The summed E-state index contributed by atoms with van der Waals surface area (Å²) in [5, 5.41) is 0. The van der Waals surface area contributed by atoms with Gasteiger partial charge in [-0.05, 0) is 44.6 Å². The summed E-state index contributed by atoms with van der Waals surface area (Å²) in [5.74, 6) is 0.918. The van der Waals surface area contributed by atoms with Gasteiger partial charge in [0.2, 0.25) is 0 Å². The van der Waals surface area contributed by atoms with Crippen molar-refractivity contribution in [2.75, 3.05) is 6.54 Å². The summed E-state index contributed by atoms with van der Waals surface area (Å²) in [6.45, 7) is 0.868. The second kappa shape index (κ2) is 5.32. The molecule has 0 radical (unpaired) electrons. The molecular formula is C8H17IN2. The molecule has 1 fully saturated rings. The van der Waals surface area contributed by atoms with Gasteiger partial charge in [-0.1, -0.05) is 0 Å². The van der Waals surface area contributed by atoms with Crippen LogP contribution in [-0.2, 0) is 0 Å². The first-order chi connectivity index (χ1) is 5.36. The van der Waals surface area contributed by atoms with Gasteiger partial charge in [0.1, 0.15) is 0 Å². The molecule has 11 heavy (non-hydrogen) atoms. The molecule has 1 saturated carbocycles. The van der Waals surface area contributed by atoms with Crippen LogP contribution in [0.1, 0.15) is 32.1 Å². The molecule has 0 aromatic rings. The molecule has 0 amide bonds. The van der Waals surface area contributed by atoms with Gasteiger partial charge in [-0.2, -0.15) is 0 Å². The Labute approximate surface area is 82.8 Å². The van der Waals surface area contributed by atoms with E-state index in [2.05, 4.69) is 26.4 Å². The van der Waals surface area contributed by atoms with Crippen LogP contribution in [0.2, 0.25) is 0 Å². The number of halogens is 1. The molecule has 1 rings (SSSR count). The van der Waals surface area contributed by atoms with Crippen LogP contribution in [0.15, 0.2) is 0 Å². The number of nitrogens with one attached hydrogen (secondary N) is 1. The third-order valence-electron chi connectivity index (χ3n) is 2.58. The van der Waals surface area contributed by atoms with Gasteiger partial charge in [-0.25, -0.2) is 0 Å². The number of hydrogen-bond acceptors (Lipinski definition) is 2. The summed E-state index contributed by atoms with van der Waals surface area (Å²) in [7, 11) is 0. The number of hydrogen-bond donors (Lipinski definition) is 2. The fourth-order valence-electron chi connectivity index (χ4n) is 1.80. The molecule has 0 unspecified atom stereocenters. The summed E-state index contributed by atoms with van der Waals surface area (Å²) in [4.78, 5) is 0. The lowest BCUT2D eigenvalue weighted by atomic mass is 9.84. The molecule has 0 spiro atoms. The fraction of sp³-hybridized carbons (Fsp3) is 1.00. The van der Waals surface area contributed by atoms with Gasteiger partial charge in [0.15, 0.2) is 0 Å². The predicted octanol–water partition coefficient (Wildman–Crippen LogP) is 1.83. The van der Waals surface area contributed by atoms with Crippen molar-refractivity contribution >= 4 is 22.9 Å². The third kappa shape index (κ3) is 3.25. The van der Waals surface area contributed by atoms with Gasteiger partial charge >= 0.3 is 0 Å². The molecule has 0 bridgehead atoms. The van der Waals surface area contributed by atoms with E-state index in [4.69, 9.17) is 5.73 Å². The Morgan fingerprint density at radius 1 is 1.27 bits per heavy atom. The Morgan fingerprint density at radius 3 is 2.36 bits per heavy atom. The normalized spacial score (nSPS) is 32.2. The van der Waals surface area contributed by atoms with E-state index in [0.29, 0.717) is 0 Å². The van der Waals surface area contributed by atoms with E-state index in [-0.39, 0.29) is 0 Å². The summed E-state index contributed by atoms with van der Waals surface area (Å²) in [6, 6.07) is 0.768. The summed E-state index contributed by atoms with van der Waals surface area (Å²) < 4.78 is 3.31. The molecule has 1 aliphatic rings. The predicted molar refractivity (Wildman–Crippen MR) is 56.6 cm³/mol. The smallest absolute Gasteiger partial charge is 0.0172 e. The van der Waals surface area contributed by atoms with Crippen molar-refractivity contribution in [3.05, 3.63) is 0 Å². The Kier molecular flexibility index (Phi) is 4.71. The third-order valence-corrected chi connectivity index (χ3v) is 3.46. The molecule has 0 atom stereocenters. The maximum Gasteiger partial charge on any atom is 0.0172 e. The first-order valence-corrected chi connectivity index (χ1v) is 5.51. The van der Waals surface area contributed by atoms with E-state index in [1.165, 1.54) is 32.1 Å². The van der Waals surface area contributed by atoms with Crippen molar-refractivity contribution in [2.45, 2.75) is 38.1 Å². The summed E-state index contributed by atoms with van der Waals surface area (Å²) in [6.07, 6.45) is 6.66. The zero-order chi connectivity index (χ0) is 8.10. The topological polar surface area (TPSA) is 38.0 Å². The zero-order valence-corrected chi connectivity index (χ0v) is 9.01. The monoisotopic (exact) mass is 268 g/mol. The average Bonchev–Trinajstić information content (AvgIpc) is 2.07. The van der Waals surface area contributed by atoms with Crippen molar-refractivity contribution < 1.29 is 0 Å². The lowest BCUT2D eigenvalue weighted by Gasteiger charge is -2.27. The van der Waals surface area contributed by atoms with Crippen LogP contribution >= 0.6 is 22.9 Å². The van der Waals surface area contributed by atoms with Crippen molar-refractivity contribution in [1.82, 2.24) is 3.53 Å². The summed E-state index contributed by atoms with van der Waals surface area (Å²) in [5.41, 5.74) is 5.51. The average molecular weight is 268 g/mol. The van der Waals surface area contributed by atoms with Gasteiger partial charge < -0.3 is 5.73 Å². The second-order valence-electron chi connectivity index (χ2n) is 3.40. The van der Waals surface area contributed by atoms with E-state index in [9.17, 15) is 0 Å². The van der Waals surface area contributed by atoms with Gasteiger partial charge in [0, 0.05) is 28.9 Å². The van der Waals surface area contributed by atoms with E-state index < -0.39 is 0 Å². The molecular weight excluding hydrogens is 251 g/mol. The van der Waals surface area contributed by atoms with Gasteiger partial charge in [-0.15, -0.1) is 0 Å². The van der Waals surface area contributed by atoms with E-state index in [0.717, 1.165) is 18.5 Å². The lowest BCUT2D eigenvalue weighted by Crippen LogP contribution is -2.27. The Morgan fingerprint density at radius 2 is 1.91 bits per heavy atom. The van der Waals surface area contributed by atoms with Crippen LogP contribution in [0.3, 0.4) is 0 Å². The minimum absolute atomic E-state index is 0.768. The minimum atomic E-state index is 0.768. The maximum atomic E-state index is 5.51. The van der Waals surface area contributed by atoms with Crippen molar-refractivity contribution in [3.8, 4) is 0 Å². The van der Waals surface area contributed by atoms with Gasteiger partial charge in [0.25, 0.3) is 0 Å². The first-order valence-electron chi connectivity index (χ1n) is 4.43. The molecule has 0 aromatic carbocycles. The molecule has 0 aromatic heterocycles. The van der Waals surface area contributed by atoms with Crippen molar-refractivity contribution in [1.29, 1.82) is 0 Å². The molecule has 0 saturated heterocycles. The molecule has 1 aliphatic carbocycles. The molecule has 3 heteroatoms. The highest BCUT2D eigenvalue weighted by Crippen LogP contribution is 2.26. The first kappa shape index (κ1) is 9.74. The highest BCUT2D eigenvalue weighted by Gasteiger charge is 2.19.